The fourth-order valence-corrected chi connectivity index (χ4v) is 2.71. The van der Waals surface area contributed by atoms with Crippen molar-refractivity contribution in [2.24, 2.45) is 0 Å². The van der Waals surface area contributed by atoms with Gasteiger partial charge in [-0.1, -0.05) is 30.3 Å². The van der Waals surface area contributed by atoms with Crippen molar-refractivity contribution in [1.29, 1.82) is 0 Å². The Morgan fingerprint density at radius 1 is 1.33 bits per heavy atom. The minimum atomic E-state index is 0.541. The van der Waals surface area contributed by atoms with Crippen LogP contribution in [0.3, 0.4) is 0 Å². The predicted molar refractivity (Wildman–Crippen MR) is 75.8 cm³/mol. The fourth-order valence-electron chi connectivity index (χ4n) is 2.71. The second-order valence-corrected chi connectivity index (χ2v) is 5.24. The van der Waals surface area contributed by atoms with Crippen molar-refractivity contribution < 1.29 is 4.74 Å². The summed E-state index contributed by atoms with van der Waals surface area (Å²) in [5.74, 6) is 0. The molecule has 0 spiro atoms. The summed E-state index contributed by atoms with van der Waals surface area (Å²) >= 11 is 0. The Balaban J connectivity index is 1.68. The number of ether oxygens (including phenoxy) is 1. The summed E-state index contributed by atoms with van der Waals surface area (Å²) in [6.07, 6.45) is 7.93. The van der Waals surface area contributed by atoms with Crippen LogP contribution < -0.4 is 5.32 Å². The summed E-state index contributed by atoms with van der Waals surface area (Å²) in [7, 11) is 2.07. The van der Waals surface area contributed by atoms with Crippen LogP contribution >= 0.6 is 0 Å². The van der Waals surface area contributed by atoms with Crippen LogP contribution in [-0.2, 0) is 11.2 Å². The van der Waals surface area contributed by atoms with E-state index in [9.17, 15) is 0 Å². The van der Waals surface area contributed by atoms with E-state index in [4.69, 9.17) is 4.74 Å². The lowest BCUT2D eigenvalue weighted by Crippen LogP contribution is -2.27. The minimum Gasteiger partial charge on any atom is -0.378 e. The highest BCUT2D eigenvalue weighted by Crippen LogP contribution is 2.18. The van der Waals surface area contributed by atoms with Crippen molar-refractivity contribution >= 4 is 0 Å². The molecule has 0 bridgehead atoms. The molecule has 0 amide bonds. The van der Waals surface area contributed by atoms with E-state index in [-0.39, 0.29) is 0 Å². The van der Waals surface area contributed by atoms with Gasteiger partial charge in [0.1, 0.15) is 0 Å². The molecule has 1 aliphatic heterocycles. The van der Waals surface area contributed by atoms with Gasteiger partial charge in [0.2, 0.25) is 0 Å². The first kappa shape index (κ1) is 13.6. The lowest BCUT2D eigenvalue weighted by atomic mass is 9.99. The molecule has 0 saturated carbocycles. The van der Waals surface area contributed by atoms with Crippen LogP contribution in [0.1, 0.15) is 37.7 Å². The second-order valence-electron chi connectivity index (χ2n) is 5.24. The summed E-state index contributed by atoms with van der Waals surface area (Å²) in [4.78, 5) is 0. The Morgan fingerprint density at radius 2 is 2.17 bits per heavy atom. The molecular weight excluding hydrogens is 222 g/mol. The first-order valence-electron chi connectivity index (χ1n) is 7.21. The molecule has 2 unspecified atom stereocenters. The summed E-state index contributed by atoms with van der Waals surface area (Å²) < 4.78 is 5.67. The Labute approximate surface area is 111 Å². The van der Waals surface area contributed by atoms with Crippen LogP contribution in [0.25, 0.3) is 0 Å². The number of benzene rings is 1. The van der Waals surface area contributed by atoms with E-state index in [1.54, 1.807) is 0 Å². The Hall–Kier alpha value is -0.860. The van der Waals surface area contributed by atoms with Crippen LogP contribution in [0.2, 0.25) is 0 Å². The highest BCUT2D eigenvalue weighted by Gasteiger charge is 2.15. The van der Waals surface area contributed by atoms with Crippen LogP contribution in [0, 0.1) is 0 Å². The molecule has 1 aromatic carbocycles. The summed E-state index contributed by atoms with van der Waals surface area (Å²) in [5.41, 5.74) is 1.42. The monoisotopic (exact) mass is 247 g/mol. The Kier molecular flexibility index (Phi) is 5.69. The van der Waals surface area contributed by atoms with E-state index in [0.717, 1.165) is 13.0 Å². The normalized spacial score (nSPS) is 21.1. The molecule has 2 atom stereocenters. The third kappa shape index (κ3) is 4.43. The molecule has 1 N–H and O–H groups in total. The van der Waals surface area contributed by atoms with Crippen molar-refractivity contribution in [1.82, 2.24) is 5.32 Å². The minimum absolute atomic E-state index is 0.541. The van der Waals surface area contributed by atoms with Crippen molar-refractivity contribution in [3.8, 4) is 0 Å². The summed E-state index contributed by atoms with van der Waals surface area (Å²) in [5, 5.41) is 3.44. The molecule has 1 aliphatic rings. The second kappa shape index (κ2) is 7.55. The lowest BCUT2D eigenvalue weighted by molar-refractivity contribution is 0.101. The topological polar surface area (TPSA) is 21.3 Å². The summed E-state index contributed by atoms with van der Waals surface area (Å²) in [6, 6.07) is 11.3. The van der Waals surface area contributed by atoms with Gasteiger partial charge in [-0.25, -0.2) is 0 Å². The molecule has 1 heterocycles. The third-order valence-corrected chi connectivity index (χ3v) is 3.84. The quantitative estimate of drug-likeness (QED) is 0.799. The van der Waals surface area contributed by atoms with Gasteiger partial charge in [-0.15, -0.1) is 0 Å². The van der Waals surface area contributed by atoms with Gasteiger partial charge in [0.25, 0.3) is 0 Å². The standard InChI is InChI=1S/C16H25NO/c1-17-15(13-14-7-3-2-4-8-14)9-5-10-16-11-6-12-18-16/h2-4,7-8,15-17H,5-6,9-13H2,1H3. The molecule has 0 radical (unpaired) electrons. The SMILES string of the molecule is CNC(CCCC1CCCO1)Cc1ccccc1. The molecular formula is C16H25NO. The summed E-state index contributed by atoms with van der Waals surface area (Å²) in [6.45, 7) is 0.976. The lowest BCUT2D eigenvalue weighted by Gasteiger charge is -2.17. The molecule has 2 rings (SSSR count). The van der Waals surface area contributed by atoms with Crippen LogP contribution in [0.4, 0.5) is 0 Å². The molecule has 18 heavy (non-hydrogen) atoms. The zero-order valence-electron chi connectivity index (χ0n) is 11.4. The molecule has 2 nitrogen and oxygen atoms in total. The molecule has 1 saturated heterocycles. The number of nitrogens with one attached hydrogen (secondary N) is 1. The molecule has 0 aliphatic carbocycles. The van der Waals surface area contributed by atoms with Gasteiger partial charge in [0, 0.05) is 12.6 Å². The van der Waals surface area contributed by atoms with Crippen LogP contribution in [0.5, 0.6) is 0 Å². The number of likely N-dealkylation sites (N-methyl/N-ethyl adjacent to an activating group) is 1. The van der Waals surface area contributed by atoms with Gasteiger partial charge >= 0.3 is 0 Å². The molecule has 100 valence electrons. The van der Waals surface area contributed by atoms with E-state index < -0.39 is 0 Å². The van der Waals surface area contributed by atoms with E-state index in [2.05, 4.69) is 42.7 Å². The van der Waals surface area contributed by atoms with Gasteiger partial charge < -0.3 is 10.1 Å². The van der Waals surface area contributed by atoms with Crippen molar-refractivity contribution in [2.75, 3.05) is 13.7 Å². The van der Waals surface area contributed by atoms with E-state index >= 15 is 0 Å². The van der Waals surface area contributed by atoms with Crippen molar-refractivity contribution in [3.05, 3.63) is 35.9 Å². The number of hydrogen-bond acceptors (Lipinski definition) is 2. The zero-order chi connectivity index (χ0) is 12.6. The maximum absolute atomic E-state index is 5.67. The van der Waals surface area contributed by atoms with Gasteiger partial charge in [-0.2, -0.15) is 0 Å². The molecule has 2 heteroatoms. The van der Waals surface area contributed by atoms with Gasteiger partial charge in [-0.3, -0.25) is 0 Å². The van der Waals surface area contributed by atoms with E-state index in [1.165, 1.54) is 37.7 Å². The highest BCUT2D eigenvalue weighted by molar-refractivity contribution is 5.15. The fraction of sp³-hybridized carbons (Fsp3) is 0.625. The van der Waals surface area contributed by atoms with Crippen molar-refractivity contribution in [2.45, 2.75) is 50.7 Å². The highest BCUT2D eigenvalue weighted by atomic mass is 16.5. The van der Waals surface area contributed by atoms with Gasteiger partial charge in [0.15, 0.2) is 0 Å². The third-order valence-electron chi connectivity index (χ3n) is 3.84. The predicted octanol–water partition coefficient (Wildman–Crippen LogP) is 3.17. The van der Waals surface area contributed by atoms with E-state index in [1.807, 2.05) is 0 Å². The van der Waals surface area contributed by atoms with Gasteiger partial charge in [-0.05, 0) is 51.1 Å². The number of hydrogen-bond donors (Lipinski definition) is 1. The maximum atomic E-state index is 5.67. The Bertz CT molecular complexity index is 319. The average Bonchev–Trinajstić information content (AvgIpc) is 2.92. The van der Waals surface area contributed by atoms with Crippen LogP contribution in [-0.4, -0.2) is 25.8 Å². The van der Waals surface area contributed by atoms with Crippen molar-refractivity contribution in [3.63, 3.8) is 0 Å². The van der Waals surface area contributed by atoms with Gasteiger partial charge in [0.05, 0.1) is 6.10 Å². The van der Waals surface area contributed by atoms with E-state index in [0.29, 0.717) is 12.1 Å². The first-order chi connectivity index (χ1) is 8.88. The Morgan fingerprint density at radius 3 is 2.83 bits per heavy atom. The molecule has 1 aromatic rings. The maximum Gasteiger partial charge on any atom is 0.0576 e. The average molecular weight is 247 g/mol. The largest absolute Gasteiger partial charge is 0.378 e. The molecule has 1 fully saturated rings. The smallest absolute Gasteiger partial charge is 0.0576 e. The molecule has 0 aromatic heterocycles. The van der Waals surface area contributed by atoms with Crippen LogP contribution in [0.15, 0.2) is 30.3 Å². The zero-order valence-corrected chi connectivity index (χ0v) is 11.4. The first-order valence-corrected chi connectivity index (χ1v) is 7.21. The number of rotatable bonds is 7.